The first-order chi connectivity index (χ1) is 9.23. The minimum Gasteiger partial charge on any atom is -0.367 e. The molecule has 0 unspecified atom stereocenters. The predicted molar refractivity (Wildman–Crippen MR) is 78.9 cm³/mol. The maximum absolute atomic E-state index is 11.9. The van der Waals surface area contributed by atoms with E-state index in [1.165, 1.54) is 13.8 Å². The van der Waals surface area contributed by atoms with Gasteiger partial charge < -0.3 is 5.73 Å². The molecule has 0 radical (unpaired) electrons. The third-order valence-corrected chi connectivity index (χ3v) is 5.46. The molecule has 0 heterocycles. The summed E-state index contributed by atoms with van der Waals surface area (Å²) >= 11 is 4.51. The van der Waals surface area contributed by atoms with Gasteiger partial charge in [0.2, 0.25) is 0 Å². The van der Waals surface area contributed by atoms with E-state index in [2.05, 4.69) is 22.4 Å². The molecule has 8 heteroatoms. The summed E-state index contributed by atoms with van der Waals surface area (Å²) in [6.07, 6.45) is 1.81. The maximum atomic E-state index is 11.9. The number of amides is 1. The van der Waals surface area contributed by atoms with Crippen LogP contribution in [0.1, 0.15) is 39.5 Å². The molecule has 1 saturated carbocycles. The molecule has 0 spiro atoms. The van der Waals surface area contributed by atoms with E-state index in [1.807, 2.05) is 0 Å². The first kappa shape index (κ1) is 17.2. The summed E-state index contributed by atoms with van der Waals surface area (Å²) < 4.78 is 29.0. The van der Waals surface area contributed by atoms with Gasteiger partial charge in [-0.1, -0.05) is 0 Å². The Morgan fingerprint density at radius 3 is 2.45 bits per heavy atom. The zero-order chi connectivity index (χ0) is 15.4. The average molecular weight is 320 g/mol. The highest BCUT2D eigenvalue weighted by molar-refractivity contribution is 7.87. The van der Waals surface area contributed by atoms with Gasteiger partial charge in [-0.2, -0.15) is 8.42 Å². The van der Waals surface area contributed by atoms with Gasteiger partial charge in [-0.05, 0) is 57.7 Å². The highest BCUT2D eigenvalue weighted by Gasteiger charge is 2.45. The van der Waals surface area contributed by atoms with Crippen LogP contribution >= 0.6 is 12.2 Å². The Morgan fingerprint density at radius 1 is 1.50 bits per heavy atom. The van der Waals surface area contributed by atoms with Gasteiger partial charge in [0.15, 0.2) is 5.60 Å². The lowest BCUT2D eigenvalue weighted by Gasteiger charge is -2.36. The summed E-state index contributed by atoms with van der Waals surface area (Å²) in [6.45, 7) is 3.54. The van der Waals surface area contributed by atoms with Crippen molar-refractivity contribution in [3.8, 4) is 0 Å². The number of nitrogens with zero attached hydrogens (tertiary/aromatic N) is 1. The van der Waals surface area contributed by atoms with E-state index in [1.54, 1.807) is 0 Å². The van der Waals surface area contributed by atoms with Crippen LogP contribution in [0.15, 0.2) is 4.99 Å². The monoisotopic (exact) mass is 320 g/mol. The summed E-state index contributed by atoms with van der Waals surface area (Å²) in [4.78, 5) is 15.6. The highest BCUT2D eigenvalue weighted by Crippen LogP contribution is 2.36. The quantitative estimate of drug-likeness (QED) is 0.451. The Hall–Kier alpha value is -0.820. The van der Waals surface area contributed by atoms with E-state index in [0.29, 0.717) is 19.4 Å². The minimum atomic E-state index is -3.79. The molecule has 1 aliphatic carbocycles. The molecular formula is C12H20N2O4S2. The lowest BCUT2D eigenvalue weighted by molar-refractivity contribution is -0.136. The van der Waals surface area contributed by atoms with Crippen LogP contribution in [0.2, 0.25) is 0 Å². The largest absolute Gasteiger partial charge is 0.367 e. The van der Waals surface area contributed by atoms with Gasteiger partial charge in [0, 0.05) is 0 Å². The second kappa shape index (κ2) is 6.76. The van der Waals surface area contributed by atoms with E-state index in [-0.39, 0.29) is 18.8 Å². The van der Waals surface area contributed by atoms with Crippen molar-refractivity contribution in [2.75, 3.05) is 6.54 Å². The molecule has 1 aliphatic rings. The van der Waals surface area contributed by atoms with Crippen molar-refractivity contribution in [3.63, 3.8) is 0 Å². The lowest BCUT2D eigenvalue weighted by atomic mass is 9.78. The van der Waals surface area contributed by atoms with Crippen molar-refractivity contribution < 1.29 is 17.4 Å². The van der Waals surface area contributed by atoms with Crippen LogP contribution in [0.3, 0.4) is 0 Å². The van der Waals surface area contributed by atoms with Crippen LogP contribution in [0.4, 0.5) is 0 Å². The highest BCUT2D eigenvalue weighted by atomic mass is 32.2. The molecular weight excluding hydrogens is 300 g/mol. The van der Waals surface area contributed by atoms with Crippen molar-refractivity contribution in [2.24, 2.45) is 16.6 Å². The summed E-state index contributed by atoms with van der Waals surface area (Å²) in [6, 6.07) is 0. The van der Waals surface area contributed by atoms with Gasteiger partial charge >= 0.3 is 0 Å². The summed E-state index contributed by atoms with van der Waals surface area (Å²) in [5, 5.41) is 1.59. The number of primary amides is 1. The van der Waals surface area contributed by atoms with Crippen LogP contribution in [0.5, 0.6) is 0 Å². The van der Waals surface area contributed by atoms with Gasteiger partial charge in [0.1, 0.15) is 0 Å². The number of hydrogen-bond donors (Lipinski definition) is 1. The number of hydrogen-bond acceptors (Lipinski definition) is 6. The van der Waals surface area contributed by atoms with Crippen molar-refractivity contribution in [2.45, 2.75) is 50.4 Å². The van der Waals surface area contributed by atoms with Gasteiger partial charge in [0.05, 0.1) is 17.0 Å². The fourth-order valence-corrected chi connectivity index (χ4v) is 3.14. The van der Waals surface area contributed by atoms with Gasteiger partial charge in [0.25, 0.3) is 16.0 Å². The van der Waals surface area contributed by atoms with Gasteiger partial charge in [-0.25, -0.2) is 4.99 Å². The number of isothiocyanates is 1. The molecule has 6 nitrogen and oxygen atoms in total. The molecule has 0 bridgehead atoms. The lowest BCUT2D eigenvalue weighted by Crippen LogP contribution is -2.51. The fourth-order valence-electron chi connectivity index (χ4n) is 2.18. The first-order valence-electron chi connectivity index (χ1n) is 6.51. The van der Waals surface area contributed by atoms with E-state index >= 15 is 0 Å². The van der Waals surface area contributed by atoms with Gasteiger partial charge in [-0.15, -0.1) is 0 Å². The number of carbonyl (C=O) groups is 1. The minimum absolute atomic E-state index is 0.253. The van der Waals surface area contributed by atoms with E-state index in [9.17, 15) is 13.2 Å². The van der Waals surface area contributed by atoms with Crippen LogP contribution < -0.4 is 5.73 Å². The molecule has 0 saturated heterocycles. The Labute approximate surface area is 124 Å². The molecule has 0 aromatic heterocycles. The van der Waals surface area contributed by atoms with Crippen LogP contribution in [-0.2, 0) is 19.1 Å². The van der Waals surface area contributed by atoms with Crippen LogP contribution in [0.25, 0.3) is 0 Å². The van der Waals surface area contributed by atoms with Crippen molar-refractivity contribution in [1.82, 2.24) is 0 Å². The maximum Gasteiger partial charge on any atom is 0.270 e. The second-order valence-corrected chi connectivity index (χ2v) is 7.64. The van der Waals surface area contributed by atoms with E-state index in [0.717, 1.165) is 0 Å². The zero-order valence-electron chi connectivity index (χ0n) is 11.7. The van der Waals surface area contributed by atoms with E-state index < -0.39 is 26.9 Å². The molecule has 0 aliphatic heterocycles. The number of carbonyl (C=O) groups excluding carboxylic acids is 1. The molecule has 0 aromatic rings. The number of thiocarbonyl (C=S) groups is 1. The third kappa shape index (κ3) is 4.09. The van der Waals surface area contributed by atoms with Crippen LogP contribution in [-0.4, -0.2) is 36.9 Å². The summed E-state index contributed by atoms with van der Waals surface area (Å²) in [7, 11) is -3.79. The van der Waals surface area contributed by atoms with Crippen molar-refractivity contribution >= 4 is 33.4 Å². The topological polar surface area (TPSA) is 98.8 Å². The molecule has 0 atom stereocenters. The average Bonchev–Trinajstić information content (AvgIpc) is 2.37. The number of nitrogens with two attached hydrogens (primary N) is 1. The van der Waals surface area contributed by atoms with Gasteiger partial charge in [-0.3, -0.25) is 8.98 Å². The Balaban J connectivity index is 2.82. The van der Waals surface area contributed by atoms with E-state index in [4.69, 9.17) is 9.92 Å². The Bertz CT molecular complexity index is 502. The molecule has 114 valence electrons. The predicted octanol–water partition coefficient (Wildman–Crippen LogP) is 1.26. The number of rotatable bonds is 6. The normalized spacial score (nSPS) is 27.1. The summed E-state index contributed by atoms with van der Waals surface area (Å²) in [5.74, 6) is -0.471. The zero-order valence-corrected chi connectivity index (χ0v) is 13.3. The molecule has 20 heavy (non-hydrogen) atoms. The van der Waals surface area contributed by atoms with Crippen LogP contribution in [0, 0.1) is 5.92 Å². The molecule has 1 amide bonds. The fraction of sp³-hybridized carbons (Fsp3) is 0.833. The SMILES string of the molecule is CC(C)S(=O)(=O)OC1(C(N)=O)CCC(CN=C=S)CC1. The second-order valence-electron chi connectivity index (χ2n) is 5.36. The first-order valence-corrected chi connectivity index (χ1v) is 8.39. The van der Waals surface area contributed by atoms with Crippen molar-refractivity contribution in [1.29, 1.82) is 0 Å². The third-order valence-electron chi connectivity index (χ3n) is 3.63. The van der Waals surface area contributed by atoms with Crippen molar-refractivity contribution in [3.05, 3.63) is 0 Å². The molecule has 1 rings (SSSR count). The molecule has 0 aromatic carbocycles. The molecule has 1 fully saturated rings. The standard InChI is InChI=1S/C12H20N2O4S2/c1-9(2)20(16,17)18-12(11(13)15)5-3-10(4-6-12)7-14-8-19/h9-10H,3-7H2,1-2H3,(H2,13,15). The summed E-state index contributed by atoms with van der Waals surface area (Å²) in [5.41, 5.74) is 3.96. The number of aliphatic imine (C=N–C) groups is 1. The smallest absolute Gasteiger partial charge is 0.270 e. The Kier molecular flexibility index (Phi) is 5.82. The Morgan fingerprint density at radius 2 is 2.05 bits per heavy atom. The molecule has 2 N–H and O–H groups in total.